The van der Waals surface area contributed by atoms with Crippen LogP contribution in [-0.2, 0) is 16.0 Å². The highest BCUT2D eigenvalue weighted by molar-refractivity contribution is 6.31. The molecule has 0 bridgehead atoms. The second kappa shape index (κ2) is 8.73. The van der Waals surface area contributed by atoms with Crippen molar-refractivity contribution in [1.82, 2.24) is 5.32 Å². The number of hydrogen-bond acceptors (Lipinski definition) is 2. The van der Waals surface area contributed by atoms with Crippen LogP contribution in [0.2, 0.25) is 5.02 Å². The zero-order valence-corrected chi connectivity index (χ0v) is 12.0. The molecule has 1 N–H and O–H groups in total. The van der Waals surface area contributed by atoms with Crippen molar-refractivity contribution in [2.24, 2.45) is 0 Å². The second-order valence-electron chi connectivity index (χ2n) is 4.45. The molecule has 0 spiro atoms. The van der Waals surface area contributed by atoms with Crippen molar-refractivity contribution >= 4 is 17.5 Å². The maximum Gasteiger partial charge on any atom is 0.220 e. The van der Waals surface area contributed by atoms with Crippen molar-refractivity contribution < 1.29 is 9.53 Å². The van der Waals surface area contributed by atoms with Gasteiger partial charge in [-0.05, 0) is 25.0 Å². The summed E-state index contributed by atoms with van der Waals surface area (Å²) < 4.78 is 5.29. The van der Waals surface area contributed by atoms with E-state index in [1.807, 2.05) is 31.2 Å². The first-order valence-electron chi connectivity index (χ1n) is 6.32. The van der Waals surface area contributed by atoms with Crippen LogP contribution in [0.1, 0.15) is 18.9 Å². The first-order chi connectivity index (χ1) is 9.09. The molecule has 0 aliphatic rings. The summed E-state index contributed by atoms with van der Waals surface area (Å²) in [6.07, 6.45) is 1.09. The van der Waals surface area contributed by atoms with Crippen LogP contribution in [-0.4, -0.2) is 25.7 Å². The number of halogens is 1. The van der Waals surface area contributed by atoms with E-state index in [1.165, 1.54) is 0 Å². The summed E-state index contributed by atoms with van der Waals surface area (Å²) in [4.78, 5) is 11.6. The number of benzene rings is 1. The largest absolute Gasteiger partial charge is 0.375 e. The van der Waals surface area contributed by atoms with Crippen LogP contribution in [0.25, 0.3) is 0 Å². The van der Waals surface area contributed by atoms with Gasteiger partial charge in [-0.25, -0.2) is 0 Å². The number of nitrogens with one attached hydrogen (secondary N) is 1. The van der Waals surface area contributed by atoms with Gasteiger partial charge in [0.05, 0.1) is 13.2 Å². The molecular formula is C15H20ClNO2. The van der Waals surface area contributed by atoms with Crippen LogP contribution >= 0.6 is 11.6 Å². The third-order valence-electron chi connectivity index (χ3n) is 2.50. The molecular weight excluding hydrogens is 262 g/mol. The summed E-state index contributed by atoms with van der Waals surface area (Å²) in [5.74, 6) is 0.0128. The fraction of sp³-hybridized carbons (Fsp3) is 0.400. The molecule has 1 rings (SSSR count). The van der Waals surface area contributed by atoms with Gasteiger partial charge in [0.15, 0.2) is 0 Å². The molecule has 0 saturated heterocycles. The molecule has 4 heteroatoms. The number of amides is 1. The molecule has 0 aliphatic carbocycles. The van der Waals surface area contributed by atoms with E-state index in [2.05, 4.69) is 11.9 Å². The van der Waals surface area contributed by atoms with E-state index in [0.717, 1.165) is 11.1 Å². The van der Waals surface area contributed by atoms with Crippen molar-refractivity contribution in [3.8, 4) is 0 Å². The summed E-state index contributed by atoms with van der Waals surface area (Å²) in [5, 5.41) is 3.52. The first kappa shape index (κ1) is 15.7. The number of ether oxygens (including phenoxy) is 1. The highest BCUT2D eigenvalue weighted by Gasteiger charge is 2.04. The Morgan fingerprint density at radius 2 is 2.16 bits per heavy atom. The van der Waals surface area contributed by atoms with Gasteiger partial charge in [-0.2, -0.15) is 0 Å². The zero-order valence-electron chi connectivity index (χ0n) is 11.2. The smallest absolute Gasteiger partial charge is 0.220 e. The Kier molecular flexibility index (Phi) is 7.23. The Bertz CT molecular complexity index is 432. The zero-order chi connectivity index (χ0) is 14.1. The van der Waals surface area contributed by atoms with Gasteiger partial charge in [-0.15, -0.1) is 0 Å². The molecule has 0 fully saturated rings. The van der Waals surface area contributed by atoms with Gasteiger partial charge in [0, 0.05) is 18.0 Å². The average molecular weight is 282 g/mol. The Morgan fingerprint density at radius 1 is 1.42 bits per heavy atom. The van der Waals surface area contributed by atoms with Crippen LogP contribution in [0.15, 0.2) is 36.4 Å². The molecule has 1 aromatic carbocycles. The van der Waals surface area contributed by atoms with Gasteiger partial charge in [-0.1, -0.05) is 42.0 Å². The Hall–Kier alpha value is -1.32. The minimum Gasteiger partial charge on any atom is -0.375 e. The summed E-state index contributed by atoms with van der Waals surface area (Å²) in [5.41, 5.74) is 1.97. The number of carbonyl (C=O) groups is 1. The molecule has 0 saturated carbocycles. The van der Waals surface area contributed by atoms with Crippen LogP contribution in [0.4, 0.5) is 0 Å². The molecule has 1 aromatic rings. The SMILES string of the molecule is C=C(C)COCCNC(=O)CCc1ccccc1Cl. The van der Waals surface area contributed by atoms with E-state index in [0.29, 0.717) is 37.6 Å². The molecule has 0 unspecified atom stereocenters. The number of rotatable bonds is 8. The van der Waals surface area contributed by atoms with Gasteiger partial charge < -0.3 is 10.1 Å². The second-order valence-corrected chi connectivity index (χ2v) is 4.86. The summed E-state index contributed by atoms with van der Waals surface area (Å²) in [7, 11) is 0. The van der Waals surface area contributed by atoms with Crippen molar-refractivity contribution in [2.75, 3.05) is 19.8 Å². The average Bonchev–Trinajstić information content (AvgIpc) is 2.37. The molecule has 0 radical (unpaired) electrons. The minimum absolute atomic E-state index is 0.0128. The lowest BCUT2D eigenvalue weighted by atomic mass is 10.1. The maximum absolute atomic E-state index is 11.6. The molecule has 0 aliphatic heterocycles. The molecule has 0 heterocycles. The van der Waals surface area contributed by atoms with Crippen molar-refractivity contribution in [3.05, 3.63) is 47.0 Å². The predicted molar refractivity (Wildman–Crippen MR) is 78.4 cm³/mol. The fourth-order valence-electron chi connectivity index (χ4n) is 1.55. The number of hydrogen-bond donors (Lipinski definition) is 1. The van der Waals surface area contributed by atoms with Crippen molar-refractivity contribution in [3.63, 3.8) is 0 Å². The standard InChI is InChI=1S/C15H20ClNO2/c1-12(2)11-19-10-9-17-15(18)8-7-13-5-3-4-6-14(13)16/h3-6H,1,7-11H2,2H3,(H,17,18). The normalized spacial score (nSPS) is 10.2. The van der Waals surface area contributed by atoms with E-state index >= 15 is 0 Å². The number of carbonyl (C=O) groups excluding carboxylic acids is 1. The van der Waals surface area contributed by atoms with E-state index in [1.54, 1.807) is 0 Å². The predicted octanol–water partition coefficient (Wildman–Crippen LogP) is 2.98. The van der Waals surface area contributed by atoms with Crippen LogP contribution in [0.5, 0.6) is 0 Å². The van der Waals surface area contributed by atoms with Gasteiger partial charge in [0.25, 0.3) is 0 Å². The summed E-state index contributed by atoms with van der Waals surface area (Å²) in [6.45, 7) is 7.20. The molecule has 0 atom stereocenters. The van der Waals surface area contributed by atoms with Gasteiger partial charge in [-0.3, -0.25) is 4.79 Å². The Labute approximate surface area is 119 Å². The van der Waals surface area contributed by atoms with Crippen LogP contribution in [0.3, 0.4) is 0 Å². The topological polar surface area (TPSA) is 38.3 Å². The van der Waals surface area contributed by atoms with Crippen molar-refractivity contribution in [2.45, 2.75) is 19.8 Å². The highest BCUT2D eigenvalue weighted by atomic mass is 35.5. The molecule has 0 aromatic heterocycles. The van der Waals surface area contributed by atoms with Crippen LogP contribution in [0, 0.1) is 0 Å². The summed E-state index contributed by atoms with van der Waals surface area (Å²) >= 11 is 6.02. The van der Waals surface area contributed by atoms with E-state index in [4.69, 9.17) is 16.3 Å². The molecule has 1 amide bonds. The quantitative estimate of drug-likeness (QED) is 0.588. The van der Waals surface area contributed by atoms with Gasteiger partial charge in [0.2, 0.25) is 5.91 Å². The lowest BCUT2D eigenvalue weighted by Crippen LogP contribution is -2.27. The lowest BCUT2D eigenvalue weighted by Gasteiger charge is -2.07. The van der Waals surface area contributed by atoms with E-state index < -0.39 is 0 Å². The highest BCUT2D eigenvalue weighted by Crippen LogP contribution is 2.16. The Morgan fingerprint density at radius 3 is 2.84 bits per heavy atom. The molecule has 104 valence electrons. The third kappa shape index (κ3) is 6.99. The Balaban J connectivity index is 2.15. The molecule has 3 nitrogen and oxygen atoms in total. The van der Waals surface area contributed by atoms with Crippen molar-refractivity contribution in [1.29, 1.82) is 0 Å². The lowest BCUT2D eigenvalue weighted by molar-refractivity contribution is -0.121. The molecule has 19 heavy (non-hydrogen) atoms. The minimum atomic E-state index is 0.0128. The third-order valence-corrected chi connectivity index (χ3v) is 2.86. The first-order valence-corrected chi connectivity index (χ1v) is 6.69. The monoisotopic (exact) mass is 281 g/mol. The van der Waals surface area contributed by atoms with E-state index in [9.17, 15) is 4.79 Å². The number of aryl methyl sites for hydroxylation is 1. The van der Waals surface area contributed by atoms with Gasteiger partial charge in [0.1, 0.15) is 0 Å². The van der Waals surface area contributed by atoms with Gasteiger partial charge >= 0.3 is 0 Å². The summed E-state index contributed by atoms with van der Waals surface area (Å²) in [6, 6.07) is 7.57. The van der Waals surface area contributed by atoms with E-state index in [-0.39, 0.29) is 5.91 Å². The van der Waals surface area contributed by atoms with Crippen LogP contribution < -0.4 is 5.32 Å². The maximum atomic E-state index is 11.6. The fourth-order valence-corrected chi connectivity index (χ4v) is 1.78.